The van der Waals surface area contributed by atoms with E-state index in [-0.39, 0.29) is 0 Å². The first-order valence-corrected chi connectivity index (χ1v) is 9.42. The summed E-state index contributed by atoms with van der Waals surface area (Å²) in [6, 6.07) is 12.3. The maximum Gasteiger partial charge on any atom is 0.119 e. The van der Waals surface area contributed by atoms with Crippen LogP contribution in [0.2, 0.25) is 0 Å². The molecule has 2 aromatic rings. The van der Waals surface area contributed by atoms with Crippen LogP contribution in [0.25, 0.3) is 0 Å². The number of nitrogens with one attached hydrogen (secondary N) is 1. The van der Waals surface area contributed by atoms with Crippen molar-refractivity contribution in [2.45, 2.75) is 31.1 Å². The van der Waals surface area contributed by atoms with Gasteiger partial charge in [0.15, 0.2) is 0 Å². The van der Waals surface area contributed by atoms with E-state index in [1.807, 2.05) is 36.0 Å². The Labute approximate surface area is 147 Å². The largest absolute Gasteiger partial charge is 0.493 e. The molecule has 1 aliphatic heterocycles. The third kappa shape index (κ3) is 4.97. The highest BCUT2D eigenvalue weighted by molar-refractivity contribution is 8.00. The van der Waals surface area contributed by atoms with Gasteiger partial charge in [-0.2, -0.15) is 0 Å². The first-order chi connectivity index (χ1) is 11.7. The Morgan fingerprint density at radius 2 is 2.12 bits per heavy atom. The summed E-state index contributed by atoms with van der Waals surface area (Å²) in [7, 11) is 0. The van der Waals surface area contributed by atoms with Gasteiger partial charge >= 0.3 is 0 Å². The molecule has 3 rings (SSSR count). The van der Waals surface area contributed by atoms with Crippen molar-refractivity contribution < 1.29 is 9.84 Å². The number of rotatable bonds is 7. The van der Waals surface area contributed by atoms with Crippen LogP contribution >= 0.6 is 11.8 Å². The second kappa shape index (κ2) is 8.51. The number of aromatic nitrogens is 1. The molecule has 2 N–H and O–H groups in total. The molecule has 2 heterocycles. The summed E-state index contributed by atoms with van der Waals surface area (Å²) in [5.74, 6) is 1.97. The Hall–Kier alpha value is -1.56. The molecule has 0 bridgehead atoms. The number of hydrogen-bond donors (Lipinski definition) is 2. The van der Waals surface area contributed by atoms with Gasteiger partial charge in [-0.1, -0.05) is 18.2 Å². The van der Waals surface area contributed by atoms with Crippen molar-refractivity contribution >= 4 is 11.8 Å². The fourth-order valence-electron chi connectivity index (χ4n) is 2.68. The van der Waals surface area contributed by atoms with Gasteiger partial charge in [0.25, 0.3) is 0 Å². The Kier molecular flexibility index (Phi) is 6.12. The maximum absolute atomic E-state index is 9.48. The molecule has 24 heavy (non-hydrogen) atoms. The Morgan fingerprint density at radius 1 is 1.29 bits per heavy atom. The molecule has 0 amide bonds. The number of hydrogen-bond acceptors (Lipinski definition) is 5. The molecule has 1 aliphatic rings. The first kappa shape index (κ1) is 17.3. The molecule has 0 aliphatic carbocycles. The lowest BCUT2D eigenvalue weighted by atomic mass is 10.1. The molecular weight excluding hydrogens is 320 g/mol. The molecule has 128 valence electrons. The van der Waals surface area contributed by atoms with Crippen LogP contribution in [0.3, 0.4) is 0 Å². The quantitative estimate of drug-likeness (QED) is 0.809. The Bertz CT molecular complexity index is 623. The molecule has 0 spiro atoms. The summed E-state index contributed by atoms with van der Waals surface area (Å²) < 4.78 is 5.81. The van der Waals surface area contributed by atoms with Crippen LogP contribution in [0, 0.1) is 0 Å². The first-order valence-electron chi connectivity index (χ1n) is 8.37. The van der Waals surface area contributed by atoms with Gasteiger partial charge in [0.2, 0.25) is 0 Å². The highest BCUT2D eigenvalue weighted by Crippen LogP contribution is 2.21. The van der Waals surface area contributed by atoms with Crippen LogP contribution in [-0.2, 0) is 12.8 Å². The van der Waals surface area contributed by atoms with Crippen molar-refractivity contribution in [2.75, 3.05) is 19.0 Å². The smallest absolute Gasteiger partial charge is 0.119 e. The van der Waals surface area contributed by atoms with Gasteiger partial charge in [0.1, 0.15) is 5.75 Å². The summed E-state index contributed by atoms with van der Waals surface area (Å²) in [6.45, 7) is 3.44. The number of aliphatic hydroxyl groups is 1. The number of thioether (sulfide) groups is 1. The van der Waals surface area contributed by atoms with Crippen molar-refractivity contribution in [2.24, 2.45) is 0 Å². The van der Waals surface area contributed by atoms with E-state index < -0.39 is 6.10 Å². The zero-order chi connectivity index (χ0) is 16.8. The van der Waals surface area contributed by atoms with Gasteiger partial charge in [-0.15, -0.1) is 11.8 Å². The maximum atomic E-state index is 9.48. The minimum Gasteiger partial charge on any atom is -0.493 e. The van der Waals surface area contributed by atoms with Crippen LogP contribution in [0.5, 0.6) is 5.75 Å². The lowest BCUT2D eigenvalue weighted by molar-refractivity contribution is 0.199. The number of aliphatic hydroxyl groups excluding tert-OH is 1. The van der Waals surface area contributed by atoms with E-state index in [9.17, 15) is 5.11 Å². The van der Waals surface area contributed by atoms with E-state index in [4.69, 9.17) is 4.74 Å². The van der Waals surface area contributed by atoms with Gasteiger partial charge in [0.05, 0.1) is 12.7 Å². The van der Waals surface area contributed by atoms with E-state index in [1.54, 1.807) is 13.1 Å². The normalized spacial score (nSPS) is 18.5. The summed E-state index contributed by atoms with van der Waals surface area (Å²) in [5.41, 5.74) is 3.17. The molecule has 5 heteroatoms. The van der Waals surface area contributed by atoms with Crippen LogP contribution in [0.15, 0.2) is 42.6 Å². The lowest BCUT2D eigenvalue weighted by Crippen LogP contribution is -2.14. The average Bonchev–Trinajstić information content (AvgIpc) is 3.10. The molecule has 1 saturated heterocycles. The van der Waals surface area contributed by atoms with Gasteiger partial charge < -0.3 is 15.2 Å². The molecule has 2 unspecified atom stereocenters. The summed E-state index contributed by atoms with van der Waals surface area (Å²) >= 11 is 1.99. The van der Waals surface area contributed by atoms with E-state index in [0.717, 1.165) is 42.3 Å². The van der Waals surface area contributed by atoms with Crippen molar-refractivity contribution in [3.8, 4) is 5.75 Å². The predicted molar refractivity (Wildman–Crippen MR) is 98.5 cm³/mol. The Balaban J connectivity index is 1.44. The highest BCUT2D eigenvalue weighted by atomic mass is 32.2. The minimum absolute atomic E-state index is 0.472. The predicted octanol–water partition coefficient (Wildman–Crippen LogP) is 2.96. The average molecular weight is 344 g/mol. The van der Waals surface area contributed by atoms with E-state index in [0.29, 0.717) is 11.9 Å². The minimum atomic E-state index is -0.472. The summed E-state index contributed by atoms with van der Waals surface area (Å²) in [6.07, 6.45) is 3.12. The van der Waals surface area contributed by atoms with Crippen molar-refractivity contribution in [1.82, 2.24) is 10.3 Å². The number of ether oxygens (including phenoxy) is 1. The van der Waals surface area contributed by atoms with Gasteiger partial charge in [0, 0.05) is 36.0 Å². The van der Waals surface area contributed by atoms with Gasteiger partial charge in [-0.05, 0) is 42.7 Å². The third-order valence-electron chi connectivity index (χ3n) is 4.14. The Morgan fingerprint density at radius 3 is 2.75 bits per heavy atom. The van der Waals surface area contributed by atoms with Crippen molar-refractivity contribution in [1.29, 1.82) is 0 Å². The number of pyridine rings is 1. The SMILES string of the molecule is CC(O)c1ccc(CCOc2ccc(CC3CNCS3)cc2)nc1. The number of nitrogens with zero attached hydrogens (tertiary/aromatic N) is 1. The lowest BCUT2D eigenvalue weighted by Gasteiger charge is -2.10. The van der Waals surface area contributed by atoms with E-state index >= 15 is 0 Å². The second-order valence-corrected chi connectivity index (χ2v) is 7.38. The van der Waals surface area contributed by atoms with E-state index in [2.05, 4.69) is 22.4 Å². The molecular formula is C19H24N2O2S. The molecule has 1 fully saturated rings. The van der Waals surface area contributed by atoms with E-state index in [1.165, 1.54) is 5.56 Å². The van der Waals surface area contributed by atoms with Gasteiger partial charge in [-0.25, -0.2) is 0 Å². The summed E-state index contributed by atoms with van der Waals surface area (Å²) in [5, 5.41) is 13.5. The van der Waals surface area contributed by atoms with Crippen molar-refractivity contribution in [3.05, 3.63) is 59.4 Å². The fourth-order valence-corrected chi connectivity index (χ4v) is 3.69. The standard InChI is InChI=1S/C19H24N2O2S/c1-14(22)16-4-5-17(21-11-16)8-9-23-18-6-2-15(3-7-18)10-19-12-20-13-24-19/h2-7,11,14,19-20,22H,8-10,12-13H2,1H3. The van der Waals surface area contributed by atoms with Crippen LogP contribution in [0.1, 0.15) is 29.8 Å². The van der Waals surface area contributed by atoms with Crippen LogP contribution < -0.4 is 10.1 Å². The van der Waals surface area contributed by atoms with Crippen LogP contribution in [-0.4, -0.2) is 34.4 Å². The number of benzene rings is 1. The van der Waals surface area contributed by atoms with Gasteiger partial charge in [-0.3, -0.25) is 4.98 Å². The monoisotopic (exact) mass is 344 g/mol. The molecule has 0 radical (unpaired) electrons. The summed E-state index contributed by atoms with van der Waals surface area (Å²) in [4.78, 5) is 4.35. The zero-order valence-corrected chi connectivity index (χ0v) is 14.8. The van der Waals surface area contributed by atoms with Crippen molar-refractivity contribution in [3.63, 3.8) is 0 Å². The molecule has 0 saturated carbocycles. The highest BCUT2D eigenvalue weighted by Gasteiger charge is 2.15. The third-order valence-corrected chi connectivity index (χ3v) is 5.31. The topological polar surface area (TPSA) is 54.4 Å². The fraction of sp³-hybridized carbons (Fsp3) is 0.421. The second-order valence-electron chi connectivity index (χ2n) is 6.09. The molecule has 4 nitrogen and oxygen atoms in total. The molecule has 2 atom stereocenters. The molecule has 1 aromatic heterocycles. The molecule has 1 aromatic carbocycles. The zero-order valence-electron chi connectivity index (χ0n) is 13.9. The van der Waals surface area contributed by atoms with Crippen LogP contribution in [0.4, 0.5) is 0 Å².